The lowest BCUT2D eigenvalue weighted by Crippen LogP contribution is -2.39. The molecule has 0 radical (unpaired) electrons. The van der Waals surface area contributed by atoms with Crippen LogP contribution in [0.3, 0.4) is 0 Å². The van der Waals surface area contributed by atoms with Crippen molar-refractivity contribution in [1.29, 1.82) is 0 Å². The fourth-order valence-corrected chi connectivity index (χ4v) is 4.48. The first-order chi connectivity index (χ1) is 13.2. The monoisotopic (exact) mass is 414 g/mol. The van der Waals surface area contributed by atoms with Crippen LogP contribution >= 0.6 is 0 Å². The van der Waals surface area contributed by atoms with Gasteiger partial charge in [0.1, 0.15) is 0 Å². The fraction of sp³-hybridized carbons (Fsp3) is 0.870. The number of carboxylic acids is 1. The van der Waals surface area contributed by atoms with Crippen LogP contribution in [0.2, 0.25) is 19.6 Å². The highest BCUT2D eigenvalue weighted by Crippen LogP contribution is 2.20. The zero-order valence-electron chi connectivity index (χ0n) is 19.3. The topological polar surface area (TPSA) is 55.8 Å². The lowest BCUT2D eigenvalue weighted by Gasteiger charge is -2.31. The van der Waals surface area contributed by atoms with Crippen molar-refractivity contribution < 1.29 is 19.1 Å². The van der Waals surface area contributed by atoms with E-state index in [-0.39, 0.29) is 18.1 Å². The number of carbonyl (C=O) groups is 1. The Morgan fingerprint density at radius 1 is 0.964 bits per heavy atom. The first kappa shape index (κ1) is 27.3. The third-order valence-electron chi connectivity index (χ3n) is 5.03. The summed E-state index contributed by atoms with van der Waals surface area (Å²) in [6.07, 6.45) is 16.9. The first-order valence-electron chi connectivity index (χ1n) is 11.3. The molecule has 0 spiro atoms. The minimum Gasteiger partial charge on any atom is -0.481 e. The maximum Gasteiger partial charge on any atom is 0.306 e. The minimum atomic E-state index is -1.61. The van der Waals surface area contributed by atoms with E-state index in [1.807, 2.05) is 7.11 Å². The molecule has 0 amide bonds. The summed E-state index contributed by atoms with van der Waals surface area (Å²) in [5, 5.41) is 8.89. The molecule has 3 unspecified atom stereocenters. The molecule has 0 fully saturated rings. The quantitative estimate of drug-likeness (QED) is 0.152. The van der Waals surface area contributed by atoms with Crippen LogP contribution in [0.15, 0.2) is 12.2 Å². The summed E-state index contributed by atoms with van der Waals surface area (Å²) < 4.78 is 12.2. The standard InChI is InChI=1S/C23H46O4Si/c1-7-8-14-18-21(26-3)22(27-28(4,5)6)19-16-13-11-9-10-12-15-17-20(2)23(24)25/h13,16,20-22H,7-12,14-15,17-19H2,1-6H3,(H,24,25)/b16-13+. The molecule has 28 heavy (non-hydrogen) atoms. The van der Waals surface area contributed by atoms with Gasteiger partial charge in [0.25, 0.3) is 0 Å². The number of unbranched alkanes of at least 4 members (excludes halogenated alkanes) is 6. The number of hydrogen-bond acceptors (Lipinski definition) is 3. The number of carboxylic acid groups (broad SMARTS) is 1. The van der Waals surface area contributed by atoms with E-state index in [1.54, 1.807) is 6.92 Å². The first-order valence-corrected chi connectivity index (χ1v) is 14.7. The maximum absolute atomic E-state index is 10.8. The lowest BCUT2D eigenvalue weighted by atomic mass is 10.0. The second kappa shape index (κ2) is 16.2. The second-order valence-electron chi connectivity index (χ2n) is 8.98. The van der Waals surface area contributed by atoms with Gasteiger partial charge in [0.15, 0.2) is 8.32 Å². The number of allylic oxidation sites excluding steroid dienone is 1. The van der Waals surface area contributed by atoms with Crippen molar-refractivity contribution in [2.45, 2.75) is 116 Å². The largest absolute Gasteiger partial charge is 0.481 e. The van der Waals surface area contributed by atoms with Gasteiger partial charge in [0.05, 0.1) is 18.1 Å². The van der Waals surface area contributed by atoms with Gasteiger partial charge in [0, 0.05) is 7.11 Å². The summed E-state index contributed by atoms with van der Waals surface area (Å²) in [5.74, 6) is -0.892. The van der Waals surface area contributed by atoms with Crippen LogP contribution in [-0.4, -0.2) is 38.7 Å². The van der Waals surface area contributed by atoms with Crippen LogP contribution in [-0.2, 0) is 14.0 Å². The molecule has 0 aromatic carbocycles. The molecule has 0 heterocycles. The molecule has 0 aromatic heterocycles. The number of rotatable bonds is 18. The van der Waals surface area contributed by atoms with Gasteiger partial charge in [-0.05, 0) is 51.7 Å². The maximum atomic E-state index is 10.8. The third kappa shape index (κ3) is 15.3. The Morgan fingerprint density at radius 3 is 2.18 bits per heavy atom. The van der Waals surface area contributed by atoms with E-state index in [0.717, 1.165) is 38.5 Å². The molecule has 0 aromatic rings. The van der Waals surface area contributed by atoms with Crippen molar-refractivity contribution in [2.75, 3.05) is 7.11 Å². The van der Waals surface area contributed by atoms with Gasteiger partial charge in [-0.2, -0.15) is 0 Å². The molecule has 0 saturated heterocycles. The molecule has 1 N–H and O–H groups in total. The second-order valence-corrected chi connectivity index (χ2v) is 13.4. The van der Waals surface area contributed by atoms with Crippen LogP contribution in [0.4, 0.5) is 0 Å². The van der Waals surface area contributed by atoms with E-state index in [0.29, 0.717) is 0 Å². The Labute approximate surface area is 175 Å². The predicted octanol–water partition coefficient (Wildman–Crippen LogP) is 6.81. The lowest BCUT2D eigenvalue weighted by molar-refractivity contribution is -0.141. The number of methoxy groups -OCH3 is 1. The molecule has 4 nitrogen and oxygen atoms in total. The Morgan fingerprint density at radius 2 is 1.61 bits per heavy atom. The Hall–Kier alpha value is -0.653. The Kier molecular flexibility index (Phi) is 15.8. The molecule has 0 rings (SSSR count). The van der Waals surface area contributed by atoms with Crippen molar-refractivity contribution >= 4 is 14.3 Å². The van der Waals surface area contributed by atoms with E-state index in [4.69, 9.17) is 14.3 Å². The van der Waals surface area contributed by atoms with E-state index >= 15 is 0 Å². The summed E-state index contributed by atoms with van der Waals surface area (Å²) in [7, 11) is 0.201. The average molecular weight is 415 g/mol. The van der Waals surface area contributed by atoms with E-state index in [2.05, 4.69) is 38.7 Å². The van der Waals surface area contributed by atoms with Gasteiger partial charge in [-0.25, -0.2) is 0 Å². The van der Waals surface area contributed by atoms with Crippen LogP contribution in [0.25, 0.3) is 0 Å². The van der Waals surface area contributed by atoms with Gasteiger partial charge in [-0.15, -0.1) is 0 Å². The van der Waals surface area contributed by atoms with Crippen LogP contribution < -0.4 is 0 Å². The van der Waals surface area contributed by atoms with Gasteiger partial charge in [-0.1, -0.05) is 64.5 Å². The summed E-state index contributed by atoms with van der Waals surface area (Å²) in [6, 6.07) is 0. The summed E-state index contributed by atoms with van der Waals surface area (Å²) in [4.78, 5) is 10.8. The molecule has 0 aliphatic heterocycles. The number of ether oxygens (including phenoxy) is 1. The van der Waals surface area contributed by atoms with Crippen molar-refractivity contribution in [2.24, 2.45) is 5.92 Å². The molecule has 166 valence electrons. The number of hydrogen-bond donors (Lipinski definition) is 1. The van der Waals surface area contributed by atoms with Crippen LogP contribution in [0.5, 0.6) is 0 Å². The van der Waals surface area contributed by atoms with E-state index in [9.17, 15) is 4.79 Å². The zero-order chi connectivity index (χ0) is 21.4. The molecular formula is C23H46O4Si. The summed E-state index contributed by atoms with van der Waals surface area (Å²) in [6.45, 7) is 10.8. The summed E-state index contributed by atoms with van der Waals surface area (Å²) in [5.41, 5.74) is 0. The van der Waals surface area contributed by atoms with Gasteiger partial charge < -0.3 is 14.3 Å². The van der Waals surface area contributed by atoms with Gasteiger partial charge in [0.2, 0.25) is 0 Å². The predicted molar refractivity (Wildman–Crippen MR) is 121 cm³/mol. The highest BCUT2D eigenvalue weighted by Gasteiger charge is 2.27. The Balaban J connectivity index is 4.21. The number of aliphatic carboxylic acids is 1. The third-order valence-corrected chi connectivity index (χ3v) is 6.04. The van der Waals surface area contributed by atoms with Gasteiger partial charge >= 0.3 is 5.97 Å². The average Bonchev–Trinajstić information content (AvgIpc) is 2.61. The van der Waals surface area contributed by atoms with E-state index < -0.39 is 14.3 Å². The van der Waals surface area contributed by atoms with Crippen molar-refractivity contribution in [3.63, 3.8) is 0 Å². The Bertz CT molecular complexity index is 417. The van der Waals surface area contributed by atoms with Crippen LogP contribution in [0.1, 0.15) is 84.5 Å². The van der Waals surface area contributed by atoms with Crippen molar-refractivity contribution in [3.05, 3.63) is 12.2 Å². The van der Waals surface area contributed by atoms with Crippen LogP contribution in [0, 0.1) is 5.92 Å². The molecular weight excluding hydrogens is 368 g/mol. The fourth-order valence-electron chi connectivity index (χ4n) is 3.32. The minimum absolute atomic E-state index is 0.155. The van der Waals surface area contributed by atoms with Crippen molar-refractivity contribution in [3.8, 4) is 0 Å². The normalized spacial score (nSPS) is 15.6. The SMILES string of the molecule is CCCCCC(OC)C(C/C=C/CCCCCCC(C)C(=O)O)O[Si](C)(C)C. The van der Waals surface area contributed by atoms with Gasteiger partial charge in [-0.3, -0.25) is 4.79 Å². The molecule has 0 saturated carbocycles. The smallest absolute Gasteiger partial charge is 0.306 e. The highest BCUT2D eigenvalue weighted by atomic mass is 28.4. The van der Waals surface area contributed by atoms with Crippen molar-refractivity contribution in [1.82, 2.24) is 0 Å². The molecule has 3 atom stereocenters. The molecule has 0 bridgehead atoms. The summed E-state index contributed by atoms with van der Waals surface area (Å²) >= 11 is 0. The zero-order valence-corrected chi connectivity index (χ0v) is 20.3. The molecule has 0 aliphatic rings. The molecule has 0 aliphatic carbocycles. The van der Waals surface area contributed by atoms with E-state index in [1.165, 1.54) is 32.1 Å². The molecule has 5 heteroatoms. The highest BCUT2D eigenvalue weighted by molar-refractivity contribution is 6.69.